The van der Waals surface area contributed by atoms with Gasteiger partial charge in [-0.25, -0.2) is 4.39 Å². The van der Waals surface area contributed by atoms with Crippen LogP contribution in [0.5, 0.6) is 0 Å². The summed E-state index contributed by atoms with van der Waals surface area (Å²) in [6.07, 6.45) is 0. The van der Waals surface area contributed by atoms with Gasteiger partial charge in [0, 0.05) is 24.7 Å². The van der Waals surface area contributed by atoms with Crippen LogP contribution >= 0.6 is 0 Å². The number of rotatable bonds is 3. The lowest BCUT2D eigenvalue weighted by Crippen LogP contribution is -2.44. The van der Waals surface area contributed by atoms with Crippen LogP contribution < -0.4 is 0 Å². The highest BCUT2D eigenvalue weighted by molar-refractivity contribution is 5.87. The first-order valence-electron chi connectivity index (χ1n) is 7.46. The molecule has 1 aliphatic rings. The average Bonchev–Trinajstić information content (AvgIpc) is 2.80. The van der Waals surface area contributed by atoms with Crippen LogP contribution in [0.15, 0.2) is 24.3 Å². The van der Waals surface area contributed by atoms with Gasteiger partial charge >= 0.3 is 0 Å². The number of likely N-dealkylation sites (N-methyl/N-ethyl adjacent to an activating group) is 1. The molecule has 21 heavy (non-hydrogen) atoms. The van der Waals surface area contributed by atoms with Crippen LogP contribution in [-0.4, -0.2) is 48.9 Å². The summed E-state index contributed by atoms with van der Waals surface area (Å²) in [6.45, 7) is 7.22. The van der Waals surface area contributed by atoms with E-state index in [1.165, 1.54) is 6.07 Å². The van der Waals surface area contributed by atoms with E-state index in [-0.39, 0.29) is 11.7 Å². The Hall–Kier alpha value is -1.42. The van der Waals surface area contributed by atoms with Crippen molar-refractivity contribution in [3.8, 4) is 0 Å². The lowest BCUT2D eigenvalue weighted by atomic mass is 9.83. The quantitative estimate of drug-likeness (QED) is 0.854. The molecular formula is C17H25FN2O. The molecule has 1 heterocycles. The van der Waals surface area contributed by atoms with Gasteiger partial charge in [0.1, 0.15) is 5.82 Å². The highest BCUT2D eigenvalue weighted by Gasteiger charge is 2.41. The van der Waals surface area contributed by atoms with Crippen molar-refractivity contribution in [3.63, 3.8) is 0 Å². The second kappa shape index (κ2) is 5.76. The standard InChI is InChI=1S/C17H25FN2O/c1-12-10-20(11-15(12)19(4)5)16(21)17(2,3)13-8-6-7-9-14(13)18/h6-9,12,15H,10-11H2,1-5H3. The minimum absolute atomic E-state index is 0.00352. The summed E-state index contributed by atoms with van der Waals surface area (Å²) >= 11 is 0. The van der Waals surface area contributed by atoms with Gasteiger partial charge in [-0.2, -0.15) is 0 Å². The van der Waals surface area contributed by atoms with Gasteiger partial charge in [-0.05, 0) is 39.9 Å². The first-order chi connectivity index (χ1) is 9.75. The molecule has 2 atom stereocenters. The topological polar surface area (TPSA) is 23.6 Å². The summed E-state index contributed by atoms with van der Waals surface area (Å²) in [5.74, 6) is 0.122. The van der Waals surface area contributed by atoms with Crippen LogP contribution in [0.2, 0.25) is 0 Å². The molecule has 0 aromatic heterocycles. The lowest BCUT2D eigenvalue weighted by Gasteiger charge is -2.30. The van der Waals surface area contributed by atoms with E-state index >= 15 is 0 Å². The molecule has 2 rings (SSSR count). The van der Waals surface area contributed by atoms with Gasteiger partial charge < -0.3 is 9.80 Å². The fraction of sp³-hybridized carbons (Fsp3) is 0.588. The molecule has 1 saturated heterocycles. The van der Waals surface area contributed by atoms with E-state index in [4.69, 9.17) is 0 Å². The van der Waals surface area contributed by atoms with Crippen LogP contribution in [0.4, 0.5) is 4.39 Å². The van der Waals surface area contributed by atoms with E-state index in [0.717, 1.165) is 6.54 Å². The Kier molecular flexibility index (Phi) is 4.38. The van der Waals surface area contributed by atoms with Crippen LogP contribution in [0.3, 0.4) is 0 Å². The van der Waals surface area contributed by atoms with E-state index in [2.05, 4.69) is 11.8 Å². The monoisotopic (exact) mass is 292 g/mol. The van der Waals surface area contributed by atoms with Crippen molar-refractivity contribution in [2.45, 2.75) is 32.2 Å². The van der Waals surface area contributed by atoms with E-state index in [9.17, 15) is 9.18 Å². The molecule has 1 fully saturated rings. The Morgan fingerprint density at radius 1 is 1.29 bits per heavy atom. The van der Waals surface area contributed by atoms with Crippen LogP contribution in [0.1, 0.15) is 26.3 Å². The zero-order valence-corrected chi connectivity index (χ0v) is 13.6. The van der Waals surface area contributed by atoms with E-state index in [1.807, 2.05) is 19.0 Å². The molecule has 0 saturated carbocycles. The van der Waals surface area contributed by atoms with Crippen molar-refractivity contribution in [3.05, 3.63) is 35.6 Å². The number of hydrogen-bond donors (Lipinski definition) is 0. The van der Waals surface area contributed by atoms with Crippen LogP contribution in [0.25, 0.3) is 0 Å². The van der Waals surface area contributed by atoms with Crippen molar-refractivity contribution < 1.29 is 9.18 Å². The predicted octanol–water partition coefficient (Wildman–Crippen LogP) is 2.51. The molecule has 0 N–H and O–H groups in total. The number of halogens is 1. The third-order valence-corrected chi connectivity index (χ3v) is 4.61. The average molecular weight is 292 g/mol. The molecule has 1 aromatic rings. The van der Waals surface area contributed by atoms with Crippen molar-refractivity contribution in [1.29, 1.82) is 0 Å². The molecule has 1 amide bonds. The number of carbonyl (C=O) groups is 1. The van der Waals surface area contributed by atoms with E-state index < -0.39 is 5.41 Å². The van der Waals surface area contributed by atoms with E-state index in [0.29, 0.717) is 24.1 Å². The second-order valence-corrected chi connectivity index (χ2v) is 6.82. The lowest BCUT2D eigenvalue weighted by molar-refractivity contribution is -0.135. The van der Waals surface area contributed by atoms with Gasteiger partial charge in [0.25, 0.3) is 0 Å². The van der Waals surface area contributed by atoms with Crippen molar-refractivity contribution >= 4 is 5.91 Å². The molecule has 0 bridgehead atoms. The smallest absolute Gasteiger partial charge is 0.232 e. The third kappa shape index (κ3) is 2.95. The molecule has 2 unspecified atom stereocenters. The highest BCUT2D eigenvalue weighted by Crippen LogP contribution is 2.31. The maximum Gasteiger partial charge on any atom is 0.232 e. The van der Waals surface area contributed by atoms with Gasteiger partial charge in [-0.3, -0.25) is 4.79 Å². The zero-order chi connectivity index (χ0) is 15.8. The number of likely N-dealkylation sites (tertiary alicyclic amines) is 1. The summed E-state index contributed by atoms with van der Waals surface area (Å²) < 4.78 is 14.0. The Bertz CT molecular complexity index is 527. The number of hydrogen-bond acceptors (Lipinski definition) is 2. The fourth-order valence-corrected chi connectivity index (χ4v) is 3.27. The molecule has 1 aliphatic heterocycles. The van der Waals surface area contributed by atoms with Crippen molar-refractivity contribution in [2.75, 3.05) is 27.2 Å². The predicted molar refractivity (Wildman–Crippen MR) is 82.6 cm³/mol. The molecule has 1 aromatic carbocycles. The first kappa shape index (κ1) is 16.0. The molecule has 4 heteroatoms. The summed E-state index contributed by atoms with van der Waals surface area (Å²) in [5, 5.41) is 0. The third-order valence-electron chi connectivity index (χ3n) is 4.61. The largest absolute Gasteiger partial charge is 0.340 e. The molecule has 116 valence electrons. The summed E-state index contributed by atoms with van der Waals surface area (Å²) in [6, 6.07) is 6.92. The molecule has 0 spiro atoms. The first-order valence-corrected chi connectivity index (χ1v) is 7.46. The molecular weight excluding hydrogens is 267 g/mol. The maximum atomic E-state index is 14.0. The minimum atomic E-state index is -0.841. The summed E-state index contributed by atoms with van der Waals surface area (Å²) in [5.41, 5.74) is -0.373. The molecule has 0 aliphatic carbocycles. The highest BCUT2D eigenvalue weighted by atomic mass is 19.1. The normalized spacial score (nSPS) is 22.9. The Morgan fingerprint density at radius 3 is 2.43 bits per heavy atom. The molecule has 0 radical (unpaired) electrons. The van der Waals surface area contributed by atoms with Gasteiger partial charge in [-0.15, -0.1) is 0 Å². The van der Waals surface area contributed by atoms with Crippen molar-refractivity contribution in [2.24, 2.45) is 5.92 Å². The van der Waals surface area contributed by atoms with Crippen LogP contribution in [0, 0.1) is 11.7 Å². The maximum absolute atomic E-state index is 14.0. The summed E-state index contributed by atoms with van der Waals surface area (Å²) in [7, 11) is 4.08. The SMILES string of the molecule is CC1CN(C(=O)C(C)(C)c2ccccc2F)CC1N(C)C. The van der Waals surface area contributed by atoms with Crippen molar-refractivity contribution in [1.82, 2.24) is 9.80 Å². The van der Waals surface area contributed by atoms with E-state index in [1.54, 1.807) is 32.0 Å². The van der Waals surface area contributed by atoms with Crippen LogP contribution in [-0.2, 0) is 10.2 Å². The second-order valence-electron chi connectivity index (χ2n) is 6.82. The fourth-order valence-electron chi connectivity index (χ4n) is 3.27. The van der Waals surface area contributed by atoms with Gasteiger partial charge in [0.2, 0.25) is 5.91 Å². The minimum Gasteiger partial charge on any atom is -0.340 e. The number of carbonyl (C=O) groups excluding carboxylic acids is 1. The van der Waals surface area contributed by atoms with Gasteiger partial charge in [0.05, 0.1) is 5.41 Å². The Labute approximate surface area is 126 Å². The zero-order valence-electron chi connectivity index (χ0n) is 13.6. The Balaban J connectivity index is 2.22. The van der Waals surface area contributed by atoms with Gasteiger partial charge in [0.15, 0.2) is 0 Å². The molecule has 3 nitrogen and oxygen atoms in total. The number of benzene rings is 1. The van der Waals surface area contributed by atoms with Gasteiger partial charge in [-0.1, -0.05) is 25.1 Å². The number of nitrogens with zero attached hydrogens (tertiary/aromatic N) is 2. The summed E-state index contributed by atoms with van der Waals surface area (Å²) in [4.78, 5) is 16.9. The number of amides is 1. The Morgan fingerprint density at radius 2 is 1.90 bits per heavy atom.